The van der Waals surface area contributed by atoms with E-state index in [0.717, 1.165) is 16.7 Å². The molecule has 0 aliphatic carbocycles. The maximum Gasteiger partial charge on any atom is 0.227 e. The Morgan fingerprint density at radius 2 is 1.92 bits per heavy atom. The van der Waals surface area contributed by atoms with Gasteiger partial charge in [-0.3, -0.25) is 0 Å². The fraction of sp³-hybridized carbons (Fsp3) is 0.158. The predicted octanol–water partition coefficient (Wildman–Crippen LogP) is 3.51. The number of fused-ring (bicyclic) bond motifs is 2. The molecule has 1 unspecified atom stereocenters. The second-order valence-electron chi connectivity index (χ2n) is 5.62. The van der Waals surface area contributed by atoms with Gasteiger partial charge in [0.25, 0.3) is 0 Å². The van der Waals surface area contributed by atoms with Crippen LogP contribution in [-0.2, 0) is 0 Å². The van der Waals surface area contributed by atoms with Crippen LogP contribution >= 0.6 is 12.2 Å². The van der Waals surface area contributed by atoms with E-state index in [9.17, 15) is 0 Å². The minimum absolute atomic E-state index is 0.269. The molecule has 6 heteroatoms. The summed E-state index contributed by atoms with van der Waals surface area (Å²) in [5, 5.41) is 3.25. The molecule has 2 aromatic carbocycles. The van der Waals surface area contributed by atoms with Crippen LogP contribution in [0.4, 0.5) is 0 Å². The normalized spacial score (nSPS) is 18.0. The van der Waals surface area contributed by atoms with Crippen molar-refractivity contribution in [3.63, 3.8) is 0 Å². The zero-order valence-electron chi connectivity index (χ0n) is 13.8. The lowest BCUT2D eigenvalue weighted by atomic mass is 10.0. The van der Waals surface area contributed by atoms with Crippen LogP contribution in [0.5, 0.6) is 17.2 Å². The van der Waals surface area contributed by atoms with Crippen molar-refractivity contribution < 1.29 is 14.2 Å². The smallest absolute Gasteiger partial charge is 0.227 e. The molecule has 2 aliphatic rings. The average molecular weight is 352 g/mol. The molecule has 0 spiro atoms. The monoisotopic (exact) mass is 352 g/mol. The van der Waals surface area contributed by atoms with Gasteiger partial charge in [0.15, 0.2) is 0 Å². The maximum absolute atomic E-state index is 6.04. The van der Waals surface area contributed by atoms with Crippen molar-refractivity contribution in [1.29, 1.82) is 0 Å². The molecule has 4 rings (SSSR count). The zero-order valence-corrected chi connectivity index (χ0v) is 14.6. The van der Waals surface area contributed by atoms with Crippen LogP contribution in [0.25, 0.3) is 6.08 Å². The van der Waals surface area contributed by atoms with Crippen molar-refractivity contribution in [2.75, 3.05) is 14.2 Å². The summed E-state index contributed by atoms with van der Waals surface area (Å²) in [6, 6.07) is 13.5. The molecule has 2 aromatic rings. The number of hydrogen-bond donors (Lipinski definition) is 1. The molecule has 0 saturated heterocycles. The lowest BCUT2D eigenvalue weighted by molar-refractivity contribution is 0.388. The van der Waals surface area contributed by atoms with Gasteiger partial charge in [0.2, 0.25) is 5.90 Å². The summed E-state index contributed by atoms with van der Waals surface area (Å²) >= 11 is 5.53. The second kappa shape index (κ2) is 6.22. The topological polar surface area (TPSA) is 52.1 Å². The van der Waals surface area contributed by atoms with E-state index >= 15 is 0 Å². The summed E-state index contributed by atoms with van der Waals surface area (Å²) in [4.78, 5) is 5.28. The number of aliphatic imine (C=N–C) groups is 1. The van der Waals surface area contributed by atoms with Crippen LogP contribution in [0.15, 0.2) is 53.0 Å². The fourth-order valence-electron chi connectivity index (χ4n) is 2.86. The minimum atomic E-state index is -0.269. The Hall–Kier alpha value is -2.86. The highest BCUT2D eigenvalue weighted by molar-refractivity contribution is 7.80. The van der Waals surface area contributed by atoms with Crippen LogP contribution in [0, 0.1) is 0 Å². The van der Waals surface area contributed by atoms with Gasteiger partial charge in [-0.15, -0.1) is 0 Å². The summed E-state index contributed by atoms with van der Waals surface area (Å²) in [6.45, 7) is 0. The van der Waals surface area contributed by atoms with E-state index in [1.54, 1.807) is 14.2 Å². The number of nitrogens with one attached hydrogen (secondary N) is 1. The Balaban J connectivity index is 1.79. The van der Waals surface area contributed by atoms with Gasteiger partial charge in [0, 0.05) is 12.1 Å². The molecule has 0 fully saturated rings. The lowest BCUT2D eigenvalue weighted by Crippen LogP contribution is -2.38. The number of benzene rings is 2. The predicted molar refractivity (Wildman–Crippen MR) is 101 cm³/mol. The van der Waals surface area contributed by atoms with Crippen molar-refractivity contribution in [2.45, 2.75) is 6.17 Å². The third kappa shape index (κ3) is 2.74. The summed E-state index contributed by atoms with van der Waals surface area (Å²) in [5.74, 6) is 2.45. The quantitative estimate of drug-likeness (QED) is 0.857. The van der Waals surface area contributed by atoms with Gasteiger partial charge >= 0.3 is 0 Å². The van der Waals surface area contributed by atoms with Crippen molar-refractivity contribution in [3.8, 4) is 17.2 Å². The van der Waals surface area contributed by atoms with Crippen LogP contribution in [-0.4, -0.2) is 25.1 Å². The molecule has 1 atom stereocenters. The number of nitrogens with zero attached hydrogens (tertiary/aromatic N) is 1. The van der Waals surface area contributed by atoms with Crippen LogP contribution in [0.1, 0.15) is 17.3 Å². The zero-order chi connectivity index (χ0) is 17.4. The van der Waals surface area contributed by atoms with Gasteiger partial charge in [-0.1, -0.05) is 42.5 Å². The molecular weight excluding hydrogens is 336 g/mol. The molecule has 2 aliphatic heterocycles. The molecule has 0 radical (unpaired) electrons. The van der Waals surface area contributed by atoms with Gasteiger partial charge in [0.05, 0.1) is 25.4 Å². The Labute approximate surface area is 150 Å². The Morgan fingerprint density at radius 3 is 2.64 bits per heavy atom. The molecule has 2 heterocycles. The first-order valence-electron chi connectivity index (χ1n) is 7.79. The summed E-state index contributed by atoms with van der Waals surface area (Å²) < 4.78 is 16.8. The summed E-state index contributed by atoms with van der Waals surface area (Å²) in [5.41, 5.74) is 2.59. The van der Waals surface area contributed by atoms with E-state index in [4.69, 9.17) is 26.4 Å². The van der Waals surface area contributed by atoms with E-state index in [-0.39, 0.29) is 6.17 Å². The fourth-order valence-corrected chi connectivity index (χ4v) is 3.12. The van der Waals surface area contributed by atoms with E-state index in [2.05, 4.69) is 10.3 Å². The number of hydrogen-bond acceptors (Lipinski definition) is 5. The van der Waals surface area contributed by atoms with Gasteiger partial charge in [-0.2, -0.15) is 0 Å². The molecule has 1 N–H and O–H groups in total. The minimum Gasteiger partial charge on any atom is -0.496 e. The molecule has 0 aromatic heterocycles. The third-order valence-electron chi connectivity index (χ3n) is 4.13. The second-order valence-corrected chi connectivity index (χ2v) is 6.03. The van der Waals surface area contributed by atoms with Crippen molar-refractivity contribution in [3.05, 3.63) is 59.2 Å². The summed E-state index contributed by atoms with van der Waals surface area (Å²) in [7, 11) is 3.22. The van der Waals surface area contributed by atoms with Crippen LogP contribution in [0.3, 0.4) is 0 Å². The molecular formula is C19H16N2O3S. The van der Waals surface area contributed by atoms with Crippen molar-refractivity contribution in [1.82, 2.24) is 5.32 Å². The highest BCUT2D eigenvalue weighted by Crippen LogP contribution is 2.40. The number of thiocarbonyl (C=S) groups is 1. The van der Waals surface area contributed by atoms with Crippen LogP contribution in [0.2, 0.25) is 0 Å². The van der Waals surface area contributed by atoms with Gasteiger partial charge in [-0.25, -0.2) is 4.99 Å². The molecule has 25 heavy (non-hydrogen) atoms. The molecule has 0 saturated carbocycles. The van der Waals surface area contributed by atoms with Crippen molar-refractivity contribution >= 4 is 29.2 Å². The number of ether oxygens (including phenoxy) is 3. The molecule has 5 nitrogen and oxygen atoms in total. The van der Waals surface area contributed by atoms with Gasteiger partial charge in [-0.05, 0) is 11.6 Å². The number of methoxy groups -OCH3 is 2. The largest absolute Gasteiger partial charge is 0.496 e. The molecule has 0 bridgehead atoms. The van der Waals surface area contributed by atoms with Crippen LogP contribution < -0.4 is 19.5 Å². The first kappa shape index (κ1) is 15.7. The highest BCUT2D eigenvalue weighted by atomic mass is 32.1. The molecule has 0 amide bonds. The standard InChI is InChI=1S/C19H16N2O3S/c1-22-12-8-15(23-2)13-10-14-18(24-16(13)9-12)20-17(21-19(14)25)11-6-4-3-5-7-11/h3-10,17H,1-2H3,(H,21,25). The van der Waals surface area contributed by atoms with E-state index in [1.807, 2.05) is 48.5 Å². The Morgan fingerprint density at radius 1 is 1.12 bits per heavy atom. The third-order valence-corrected chi connectivity index (χ3v) is 4.47. The average Bonchev–Trinajstić information content (AvgIpc) is 2.66. The van der Waals surface area contributed by atoms with Crippen molar-refractivity contribution in [2.24, 2.45) is 4.99 Å². The maximum atomic E-state index is 6.04. The molecule has 126 valence electrons. The number of rotatable bonds is 3. The van der Waals surface area contributed by atoms with Gasteiger partial charge in [0.1, 0.15) is 28.4 Å². The first-order chi connectivity index (χ1) is 12.2. The highest BCUT2D eigenvalue weighted by Gasteiger charge is 2.30. The van der Waals surface area contributed by atoms with E-state index in [1.165, 1.54) is 0 Å². The Kier molecular flexibility index (Phi) is 3.89. The summed E-state index contributed by atoms with van der Waals surface area (Å²) in [6.07, 6.45) is 1.67. The van der Waals surface area contributed by atoms with E-state index in [0.29, 0.717) is 28.1 Å². The first-order valence-corrected chi connectivity index (χ1v) is 8.20. The lowest BCUT2D eigenvalue weighted by Gasteiger charge is -2.29. The Bertz CT molecular complexity index is 906. The van der Waals surface area contributed by atoms with E-state index < -0.39 is 0 Å². The van der Waals surface area contributed by atoms with Gasteiger partial charge < -0.3 is 19.5 Å². The SMILES string of the molecule is COc1cc(OC)c2c(c1)OC1=NC(c3ccccc3)NC(=S)C1=C2.